The molecular weight excluding hydrogens is 358 g/mol. The fraction of sp³-hybridized carbons (Fsp3) is 0.238. The number of phenolic OH excluding ortho intramolecular Hbond substituents is 1. The van der Waals surface area contributed by atoms with Crippen LogP contribution in [0.15, 0.2) is 61.2 Å². The molecule has 1 aliphatic heterocycles. The van der Waals surface area contributed by atoms with Crippen molar-refractivity contribution in [2.45, 2.75) is 0 Å². The molecule has 7 nitrogen and oxygen atoms in total. The van der Waals surface area contributed by atoms with Crippen molar-refractivity contribution in [3.05, 3.63) is 66.7 Å². The molecule has 28 heavy (non-hydrogen) atoms. The monoisotopic (exact) mass is 381 g/mol. The highest BCUT2D eigenvalue weighted by Gasteiger charge is 2.22. The van der Waals surface area contributed by atoms with Crippen molar-refractivity contribution in [3.63, 3.8) is 0 Å². The van der Waals surface area contributed by atoms with Crippen LogP contribution in [0.25, 0.3) is 0 Å². The molecule has 146 valence electrons. The van der Waals surface area contributed by atoms with E-state index in [2.05, 4.69) is 16.8 Å². The van der Waals surface area contributed by atoms with Gasteiger partial charge in [-0.3, -0.25) is 4.79 Å². The lowest BCUT2D eigenvalue weighted by molar-refractivity contribution is 0.102. The zero-order valence-corrected chi connectivity index (χ0v) is 15.5. The predicted octanol–water partition coefficient (Wildman–Crippen LogP) is 3.09. The van der Waals surface area contributed by atoms with E-state index >= 15 is 0 Å². The van der Waals surface area contributed by atoms with E-state index in [-0.39, 0.29) is 24.4 Å². The highest BCUT2D eigenvalue weighted by Crippen LogP contribution is 2.19. The molecular formula is C21H23N3O4. The minimum absolute atomic E-state index is 0.149. The second-order valence-electron chi connectivity index (χ2n) is 6.39. The summed E-state index contributed by atoms with van der Waals surface area (Å²) in [5.41, 5.74) is 2.16. The number of nitrogens with zero attached hydrogens (tertiary/aromatic N) is 2. The van der Waals surface area contributed by atoms with Gasteiger partial charge in [-0.2, -0.15) is 0 Å². The van der Waals surface area contributed by atoms with Crippen LogP contribution in [-0.4, -0.2) is 54.8 Å². The minimum atomic E-state index is -0.319. The topological polar surface area (TPSA) is 82.1 Å². The lowest BCUT2D eigenvalue weighted by atomic mass is 10.1. The van der Waals surface area contributed by atoms with Crippen molar-refractivity contribution < 1.29 is 19.4 Å². The summed E-state index contributed by atoms with van der Waals surface area (Å²) in [6, 6.07) is 13.7. The third-order valence-electron chi connectivity index (χ3n) is 4.48. The van der Waals surface area contributed by atoms with Gasteiger partial charge in [0.25, 0.3) is 5.91 Å². The van der Waals surface area contributed by atoms with E-state index in [9.17, 15) is 14.7 Å². The van der Waals surface area contributed by atoms with Crippen LogP contribution in [-0.2, 0) is 4.74 Å². The van der Waals surface area contributed by atoms with E-state index in [1.54, 1.807) is 35.2 Å². The van der Waals surface area contributed by atoms with Crippen LogP contribution in [0.2, 0.25) is 0 Å². The summed E-state index contributed by atoms with van der Waals surface area (Å²) < 4.78 is 5.06. The van der Waals surface area contributed by atoms with Crippen LogP contribution in [0, 0.1) is 0 Å². The maximum Gasteiger partial charge on any atom is 0.410 e. The number of piperazine rings is 1. The average molecular weight is 381 g/mol. The van der Waals surface area contributed by atoms with Crippen molar-refractivity contribution in [3.8, 4) is 5.75 Å². The summed E-state index contributed by atoms with van der Waals surface area (Å²) in [5.74, 6) is -0.0663. The van der Waals surface area contributed by atoms with Gasteiger partial charge in [0.1, 0.15) is 12.4 Å². The first-order valence-corrected chi connectivity index (χ1v) is 9.05. The van der Waals surface area contributed by atoms with Crippen LogP contribution in [0.5, 0.6) is 5.75 Å². The zero-order chi connectivity index (χ0) is 19.9. The van der Waals surface area contributed by atoms with E-state index in [1.165, 1.54) is 12.1 Å². The fourth-order valence-corrected chi connectivity index (χ4v) is 2.94. The maximum atomic E-state index is 12.3. The maximum absolute atomic E-state index is 12.3. The van der Waals surface area contributed by atoms with Gasteiger partial charge in [-0.05, 0) is 48.5 Å². The quantitative estimate of drug-likeness (QED) is 0.614. The van der Waals surface area contributed by atoms with Gasteiger partial charge in [0.2, 0.25) is 0 Å². The normalized spacial score (nSPS) is 13.7. The molecule has 2 N–H and O–H groups in total. The summed E-state index contributed by atoms with van der Waals surface area (Å²) in [5, 5.41) is 12.1. The molecule has 0 aliphatic carbocycles. The Bertz CT molecular complexity index is 826. The molecule has 2 aromatic carbocycles. The van der Waals surface area contributed by atoms with Crippen molar-refractivity contribution >= 4 is 23.4 Å². The van der Waals surface area contributed by atoms with Gasteiger partial charge in [0.15, 0.2) is 0 Å². The second-order valence-corrected chi connectivity index (χ2v) is 6.39. The number of aromatic hydroxyl groups is 1. The molecule has 1 aliphatic rings. The molecule has 0 unspecified atom stereocenters. The standard InChI is InChI=1S/C21H23N3O4/c1-2-15-28-21(27)24-13-11-23(12-14-24)18-7-3-16(4-8-18)20(26)22-17-5-9-19(25)10-6-17/h2-10,25H,1,11-15H2,(H,22,26). The van der Waals surface area contributed by atoms with E-state index in [0.29, 0.717) is 37.4 Å². The van der Waals surface area contributed by atoms with Gasteiger partial charge in [0, 0.05) is 43.1 Å². The molecule has 0 atom stereocenters. The van der Waals surface area contributed by atoms with Gasteiger partial charge in [0.05, 0.1) is 0 Å². The number of benzene rings is 2. The zero-order valence-electron chi connectivity index (χ0n) is 15.5. The number of anilines is 2. The first-order valence-electron chi connectivity index (χ1n) is 9.05. The van der Waals surface area contributed by atoms with Crippen LogP contribution >= 0.6 is 0 Å². The van der Waals surface area contributed by atoms with Crippen molar-refractivity contribution in [1.29, 1.82) is 0 Å². The number of carbonyl (C=O) groups excluding carboxylic acids is 2. The summed E-state index contributed by atoms with van der Waals surface area (Å²) in [6.07, 6.45) is 1.23. The number of rotatable bonds is 5. The van der Waals surface area contributed by atoms with Crippen molar-refractivity contribution in [2.75, 3.05) is 43.0 Å². The van der Waals surface area contributed by atoms with E-state index in [1.807, 2.05) is 12.1 Å². The Labute approximate surface area is 163 Å². The number of hydrogen-bond acceptors (Lipinski definition) is 5. The third-order valence-corrected chi connectivity index (χ3v) is 4.48. The molecule has 0 spiro atoms. The Balaban J connectivity index is 1.54. The third kappa shape index (κ3) is 4.82. The van der Waals surface area contributed by atoms with Gasteiger partial charge < -0.3 is 25.0 Å². The Morgan fingerprint density at radius 2 is 1.68 bits per heavy atom. The first kappa shape index (κ1) is 19.3. The average Bonchev–Trinajstić information content (AvgIpc) is 2.74. The van der Waals surface area contributed by atoms with Crippen LogP contribution in [0.1, 0.15) is 10.4 Å². The Kier molecular flexibility index (Phi) is 6.16. The molecule has 0 saturated carbocycles. The number of carbonyl (C=O) groups is 2. The Morgan fingerprint density at radius 1 is 1.04 bits per heavy atom. The molecule has 0 aromatic heterocycles. The minimum Gasteiger partial charge on any atom is -0.508 e. The molecule has 2 amide bonds. The summed E-state index contributed by atoms with van der Waals surface area (Å²) in [4.78, 5) is 28.1. The number of amides is 2. The molecule has 1 fully saturated rings. The highest BCUT2D eigenvalue weighted by atomic mass is 16.6. The molecule has 3 rings (SSSR count). The number of ether oxygens (including phenoxy) is 1. The van der Waals surface area contributed by atoms with Crippen molar-refractivity contribution in [2.24, 2.45) is 0 Å². The van der Waals surface area contributed by atoms with E-state index in [0.717, 1.165) is 5.69 Å². The summed E-state index contributed by atoms with van der Waals surface area (Å²) in [6.45, 7) is 6.31. The largest absolute Gasteiger partial charge is 0.508 e. The molecule has 2 aromatic rings. The molecule has 1 heterocycles. The smallest absolute Gasteiger partial charge is 0.410 e. The molecule has 0 bridgehead atoms. The summed E-state index contributed by atoms with van der Waals surface area (Å²) in [7, 11) is 0. The van der Waals surface area contributed by atoms with Crippen molar-refractivity contribution in [1.82, 2.24) is 4.90 Å². The second kappa shape index (κ2) is 8.94. The SMILES string of the molecule is C=CCOC(=O)N1CCN(c2ccc(C(=O)Nc3ccc(O)cc3)cc2)CC1. The first-order chi connectivity index (χ1) is 13.6. The molecule has 1 saturated heterocycles. The van der Waals surface area contributed by atoms with E-state index in [4.69, 9.17) is 4.74 Å². The van der Waals surface area contributed by atoms with Gasteiger partial charge >= 0.3 is 6.09 Å². The molecule has 7 heteroatoms. The summed E-state index contributed by atoms with van der Waals surface area (Å²) >= 11 is 0. The van der Waals surface area contributed by atoms with Crippen LogP contribution in [0.3, 0.4) is 0 Å². The van der Waals surface area contributed by atoms with Crippen LogP contribution < -0.4 is 10.2 Å². The van der Waals surface area contributed by atoms with Gasteiger partial charge in [-0.25, -0.2) is 4.79 Å². The highest BCUT2D eigenvalue weighted by molar-refractivity contribution is 6.04. The van der Waals surface area contributed by atoms with Gasteiger partial charge in [-0.15, -0.1) is 0 Å². The number of phenols is 1. The van der Waals surface area contributed by atoms with Gasteiger partial charge in [-0.1, -0.05) is 12.7 Å². The van der Waals surface area contributed by atoms with E-state index < -0.39 is 0 Å². The Hall–Kier alpha value is -3.48. The lowest BCUT2D eigenvalue weighted by Gasteiger charge is -2.35. The Morgan fingerprint density at radius 3 is 2.29 bits per heavy atom. The number of hydrogen-bond donors (Lipinski definition) is 2. The number of nitrogens with one attached hydrogen (secondary N) is 1. The van der Waals surface area contributed by atoms with Crippen LogP contribution in [0.4, 0.5) is 16.2 Å². The predicted molar refractivity (Wildman–Crippen MR) is 108 cm³/mol. The molecule has 0 radical (unpaired) electrons. The lowest BCUT2D eigenvalue weighted by Crippen LogP contribution is -2.49. The fourth-order valence-electron chi connectivity index (χ4n) is 2.94.